The lowest BCUT2D eigenvalue weighted by molar-refractivity contribution is 0.527. The van der Waals surface area contributed by atoms with E-state index in [4.69, 9.17) is 11.6 Å². The van der Waals surface area contributed by atoms with Gasteiger partial charge in [0.1, 0.15) is 0 Å². The predicted molar refractivity (Wildman–Crippen MR) is 66.4 cm³/mol. The van der Waals surface area contributed by atoms with Crippen LogP contribution in [-0.2, 0) is 6.42 Å². The molecule has 3 rings (SSSR count). The van der Waals surface area contributed by atoms with Crippen molar-refractivity contribution in [2.24, 2.45) is 0 Å². The summed E-state index contributed by atoms with van der Waals surface area (Å²) in [7, 11) is 0. The third kappa shape index (κ3) is 1.95. The molecule has 0 saturated heterocycles. The van der Waals surface area contributed by atoms with Crippen molar-refractivity contribution in [3.8, 4) is 0 Å². The molecular weight excluding hydrogens is 273 g/mol. The van der Waals surface area contributed by atoms with Crippen LogP contribution < -0.4 is 5.32 Å². The van der Waals surface area contributed by atoms with Gasteiger partial charge in [-0.25, -0.2) is 0 Å². The second kappa shape index (κ2) is 3.76. The molecule has 1 fully saturated rings. The lowest BCUT2D eigenvalue weighted by Crippen LogP contribution is -2.21. The highest BCUT2D eigenvalue weighted by Gasteiger charge is 2.30. The van der Waals surface area contributed by atoms with Crippen molar-refractivity contribution in [1.29, 1.82) is 0 Å². The highest BCUT2D eigenvalue weighted by molar-refractivity contribution is 9.10. The van der Waals surface area contributed by atoms with Gasteiger partial charge in [-0.05, 0) is 48.9 Å². The smallest absolute Gasteiger partial charge is 0.0420 e. The molecule has 1 aromatic carbocycles. The van der Waals surface area contributed by atoms with E-state index in [9.17, 15) is 0 Å². The average molecular weight is 287 g/mol. The SMILES string of the molecule is Clc1cc(Br)c2c(c1)C(NC1CC1)CC2. The Morgan fingerprint density at radius 2 is 2.07 bits per heavy atom. The highest BCUT2D eigenvalue weighted by Crippen LogP contribution is 2.39. The fourth-order valence-corrected chi connectivity index (χ4v) is 3.38. The molecule has 0 spiro atoms. The van der Waals surface area contributed by atoms with E-state index in [-0.39, 0.29) is 0 Å². The average Bonchev–Trinajstić information content (AvgIpc) is 2.89. The van der Waals surface area contributed by atoms with Gasteiger partial charge in [0.25, 0.3) is 0 Å². The molecular formula is C12H13BrClN. The fraction of sp³-hybridized carbons (Fsp3) is 0.500. The van der Waals surface area contributed by atoms with Gasteiger partial charge < -0.3 is 5.32 Å². The van der Waals surface area contributed by atoms with Crippen molar-refractivity contribution in [2.45, 2.75) is 37.8 Å². The summed E-state index contributed by atoms with van der Waals surface area (Å²) in [5.41, 5.74) is 2.85. The molecule has 1 saturated carbocycles. The van der Waals surface area contributed by atoms with E-state index in [1.54, 1.807) is 0 Å². The van der Waals surface area contributed by atoms with Crippen LogP contribution in [0.5, 0.6) is 0 Å². The Hall–Kier alpha value is -0.0500. The Labute approximate surface area is 103 Å². The van der Waals surface area contributed by atoms with E-state index in [2.05, 4.69) is 27.3 Å². The van der Waals surface area contributed by atoms with Gasteiger partial charge in [0.2, 0.25) is 0 Å². The molecule has 0 bridgehead atoms. The van der Waals surface area contributed by atoms with Crippen molar-refractivity contribution in [3.63, 3.8) is 0 Å². The number of hydrogen-bond donors (Lipinski definition) is 1. The molecule has 3 heteroatoms. The van der Waals surface area contributed by atoms with Crippen molar-refractivity contribution in [1.82, 2.24) is 5.32 Å². The Kier molecular flexibility index (Phi) is 2.54. The molecule has 80 valence electrons. The number of benzene rings is 1. The molecule has 0 aliphatic heterocycles. The van der Waals surface area contributed by atoms with Crippen LogP contribution in [-0.4, -0.2) is 6.04 Å². The standard InChI is InChI=1S/C12H13BrClN/c13-11-6-7(14)5-10-9(11)3-4-12(10)15-8-1-2-8/h5-6,8,12,15H,1-4H2. The highest BCUT2D eigenvalue weighted by atomic mass is 79.9. The zero-order valence-electron chi connectivity index (χ0n) is 8.39. The summed E-state index contributed by atoms with van der Waals surface area (Å²) < 4.78 is 1.17. The third-order valence-corrected chi connectivity index (χ3v) is 4.19. The molecule has 0 amide bonds. The van der Waals surface area contributed by atoms with E-state index >= 15 is 0 Å². The van der Waals surface area contributed by atoms with Crippen LogP contribution in [0.4, 0.5) is 0 Å². The van der Waals surface area contributed by atoms with Crippen molar-refractivity contribution < 1.29 is 0 Å². The van der Waals surface area contributed by atoms with Crippen LogP contribution in [0, 0.1) is 0 Å². The summed E-state index contributed by atoms with van der Waals surface area (Å²) in [5, 5.41) is 4.52. The Morgan fingerprint density at radius 3 is 2.80 bits per heavy atom. The second-order valence-electron chi connectivity index (χ2n) is 4.49. The number of halogens is 2. The topological polar surface area (TPSA) is 12.0 Å². The number of hydrogen-bond acceptors (Lipinski definition) is 1. The van der Waals surface area contributed by atoms with Crippen LogP contribution in [0.1, 0.15) is 36.4 Å². The minimum Gasteiger partial charge on any atom is -0.307 e. The Morgan fingerprint density at radius 1 is 1.27 bits per heavy atom. The summed E-state index contributed by atoms with van der Waals surface area (Å²) in [5.74, 6) is 0. The zero-order chi connectivity index (χ0) is 10.4. The largest absolute Gasteiger partial charge is 0.307 e. The van der Waals surface area contributed by atoms with Crippen LogP contribution in [0.25, 0.3) is 0 Å². The Balaban J connectivity index is 1.93. The van der Waals surface area contributed by atoms with Crippen LogP contribution in [0.2, 0.25) is 5.02 Å². The molecule has 0 aromatic heterocycles. The van der Waals surface area contributed by atoms with Gasteiger partial charge in [0.05, 0.1) is 0 Å². The minimum atomic E-state index is 0.530. The fourth-order valence-electron chi connectivity index (χ4n) is 2.35. The normalized spacial score (nSPS) is 24.3. The van der Waals surface area contributed by atoms with Crippen molar-refractivity contribution >= 4 is 27.5 Å². The monoisotopic (exact) mass is 285 g/mol. The summed E-state index contributed by atoms with van der Waals surface area (Å²) in [6.45, 7) is 0. The first-order valence-corrected chi connectivity index (χ1v) is 6.65. The van der Waals surface area contributed by atoms with E-state index in [0.717, 1.165) is 17.5 Å². The zero-order valence-corrected chi connectivity index (χ0v) is 10.7. The second-order valence-corrected chi connectivity index (χ2v) is 5.78. The third-order valence-electron chi connectivity index (χ3n) is 3.27. The molecule has 1 atom stereocenters. The summed E-state index contributed by atoms with van der Waals surface area (Å²) in [6, 6.07) is 5.41. The lowest BCUT2D eigenvalue weighted by atomic mass is 10.1. The van der Waals surface area contributed by atoms with Crippen LogP contribution in [0.15, 0.2) is 16.6 Å². The number of fused-ring (bicyclic) bond motifs is 1. The van der Waals surface area contributed by atoms with Crippen molar-refractivity contribution in [3.05, 3.63) is 32.8 Å². The maximum Gasteiger partial charge on any atom is 0.0420 e. The van der Waals surface area contributed by atoms with Gasteiger partial charge in [-0.1, -0.05) is 27.5 Å². The van der Waals surface area contributed by atoms with Crippen LogP contribution in [0.3, 0.4) is 0 Å². The molecule has 1 aromatic rings. The number of rotatable bonds is 2. The molecule has 2 aliphatic carbocycles. The van der Waals surface area contributed by atoms with E-state index in [1.165, 1.54) is 34.9 Å². The predicted octanol–water partition coefficient (Wildman–Crippen LogP) is 3.84. The maximum atomic E-state index is 6.09. The first kappa shape index (κ1) is 10.1. The van der Waals surface area contributed by atoms with Gasteiger partial charge in [-0.15, -0.1) is 0 Å². The molecule has 15 heavy (non-hydrogen) atoms. The van der Waals surface area contributed by atoms with Gasteiger partial charge in [-0.3, -0.25) is 0 Å². The first-order valence-electron chi connectivity index (χ1n) is 5.48. The molecule has 2 aliphatic rings. The van der Waals surface area contributed by atoms with Crippen molar-refractivity contribution in [2.75, 3.05) is 0 Å². The number of nitrogens with one attached hydrogen (secondary N) is 1. The molecule has 1 N–H and O–H groups in total. The molecule has 1 nitrogen and oxygen atoms in total. The van der Waals surface area contributed by atoms with E-state index in [1.807, 2.05) is 6.07 Å². The Bertz CT molecular complexity index is 401. The van der Waals surface area contributed by atoms with Gasteiger partial charge >= 0.3 is 0 Å². The van der Waals surface area contributed by atoms with Gasteiger partial charge in [0, 0.05) is 21.6 Å². The maximum absolute atomic E-state index is 6.09. The lowest BCUT2D eigenvalue weighted by Gasteiger charge is -2.13. The van der Waals surface area contributed by atoms with Crippen LogP contribution >= 0.6 is 27.5 Å². The van der Waals surface area contributed by atoms with E-state index < -0.39 is 0 Å². The minimum absolute atomic E-state index is 0.530. The molecule has 0 heterocycles. The quantitative estimate of drug-likeness (QED) is 0.871. The first-order chi connectivity index (χ1) is 7.24. The summed E-state index contributed by atoms with van der Waals surface area (Å²) in [6.07, 6.45) is 5.06. The molecule has 1 unspecified atom stereocenters. The van der Waals surface area contributed by atoms with Gasteiger partial charge in [0.15, 0.2) is 0 Å². The van der Waals surface area contributed by atoms with E-state index in [0.29, 0.717) is 6.04 Å². The molecule has 0 radical (unpaired) electrons. The summed E-state index contributed by atoms with van der Waals surface area (Å²) in [4.78, 5) is 0. The summed E-state index contributed by atoms with van der Waals surface area (Å²) >= 11 is 9.68. The van der Waals surface area contributed by atoms with Gasteiger partial charge in [-0.2, -0.15) is 0 Å².